The molecule has 2 amide bonds. The number of anilines is 1. The Bertz CT molecular complexity index is 1260. The molecule has 1 unspecified atom stereocenters. The Morgan fingerprint density at radius 2 is 1.76 bits per heavy atom. The van der Waals surface area contributed by atoms with Crippen LogP contribution in [0.5, 0.6) is 16.6 Å². The summed E-state index contributed by atoms with van der Waals surface area (Å²) in [5.41, 5.74) is 3.98. The van der Waals surface area contributed by atoms with Crippen LogP contribution in [0.2, 0.25) is 4.34 Å². The summed E-state index contributed by atoms with van der Waals surface area (Å²) in [5.74, 6) is 0.747. The molecular formula is C27H30ClN3O5S. The van der Waals surface area contributed by atoms with Crippen LogP contribution in [-0.4, -0.2) is 57.3 Å². The fraction of sp³-hybridized carbons (Fsp3) is 0.333. The lowest BCUT2D eigenvalue weighted by atomic mass is 10.0. The zero-order valence-electron chi connectivity index (χ0n) is 21.0. The summed E-state index contributed by atoms with van der Waals surface area (Å²) in [5, 5.41) is 6.01. The Kier molecular flexibility index (Phi) is 8.91. The maximum atomic E-state index is 13.4. The molecule has 1 atom stereocenters. The first-order chi connectivity index (χ1) is 17.8. The highest BCUT2D eigenvalue weighted by molar-refractivity contribution is 7.17. The van der Waals surface area contributed by atoms with Crippen molar-refractivity contribution in [1.82, 2.24) is 10.2 Å². The topological polar surface area (TPSA) is 89.1 Å². The molecule has 10 heteroatoms. The van der Waals surface area contributed by atoms with E-state index in [1.54, 1.807) is 38.5 Å². The van der Waals surface area contributed by atoms with Crippen molar-refractivity contribution in [3.63, 3.8) is 0 Å². The predicted octanol–water partition coefficient (Wildman–Crippen LogP) is 4.79. The van der Waals surface area contributed by atoms with Gasteiger partial charge in [-0.25, -0.2) is 4.79 Å². The summed E-state index contributed by atoms with van der Waals surface area (Å²) in [7, 11) is 5.21. The van der Waals surface area contributed by atoms with Gasteiger partial charge in [0, 0.05) is 25.2 Å². The number of nitrogens with one attached hydrogen (secondary N) is 2. The van der Waals surface area contributed by atoms with E-state index in [-0.39, 0.29) is 12.3 Å². The number of halogens is 1. The molecule has 0 aliphatic carbocycles. The molecule has 0 fully saturated rings. The van der Waals surface area contributed by atoms with Crippen molar-refractivity contribution < 1.29 is 23.8 Å². The Labute approximate surface area is 225 Å². The molecule has 3 aromatic rings. The molecule has 2 N–H and O–H groups in total. The van der Waals surface area contributed by atoms with Crippen molar-refractivity contribution >= 4 is 40.6 Å². The van der Waals surface area contributed by atoms with E-state index in [1.165, 1.54) is 11.1 Å². The highest BCUT2D eigenvalue weighted by Gasteiger charge is 2.24. The molecule has 1 aliphatic rings. The van der Waals surface area contributed by atoms with Crippen LogP contribution in [0.1, 0.15) is 16.7 Å². The van der Waals surface area contributed by atoms with Crippen LogP contribution in [0.25, 0.3) is 0 Å². The Morgan fingerprint density at radius 1 is 1.00 bits per heavy atom. The Hall–Kier alpha value is -3.27. The van der Waals surface area contributed by atoms with Crippen LogP contribution in [0, 0.1) is 0 Å². The average molecular weight is 544 g/mol. The number of fused-ring (bicyclic) bond motifs is 1. The third kappa shape index (κ3) is 7.15. The Morgan fingerprint density at radius 3 is 2.46 bits per heavy atom. The van der Waals surface area contributed by atoms with Gasteiger partial charge in [0.25, 0.3) is 0 Å². The maximum Gasteiger partial charge on any atom is 0.414 e. The first kappa shape index (κ1) is 26.8. The standard InChI is InChI=1S/C27H30ClN3O5S/c1-31-12-10-18-5-6-20(16-19(18)11-13-31)29-26(32)21(30-27(33)36-25-9-8-24(28)37-25)14-17-4-7-22(34-2)23(15-17)35-3/h4-9,15-16,21H,10-14H2,1-3H3,(H,29,32)(H,30,33). The lowest BCUT2D eigenvalue weighted by Crippen LogP contribution is -2.46. The summed E-state index contributed by atoms with van der Waals surface area (Å²) in [4.78, 5) is 28.4. The first-order valence-corrected chi connectivity index (χ1v) is 13.1. The van der Waals surface area contributed by atoms with Crippen molar-refractivity contribution in [1.29, 1.82) is 0 Å². The summed E-state index contributed by atoms with van der Waals surface area (Å²) in [6.07, 6.45) is 1.35. The zero-order chi connectivity index (χ0) is 26.4. The minimum Gasteiger partial charge on any atom is -0.493 e. The first-order valence-electron chi connectivity index (χ1n) is 11.9. The van der Waals surface area contributed by atoms with Crippen LogP contribution in [0.4, 0.5) is 10.5 Å². The number of rotatable bonds is 8. The van der Waals surface area contributed by atoms with Gasteiger partial charge in [-0.1, -0.05) is 35.1 Å². The van der Waals surface area contributed by atoms with Gasteiger partial charge in [-0.05, 0) is 73.0 Å². The minimum atomic E-state index is -0.911. The number of carbonyl (C=O) groups is 2. The molecule has 4 rings (SSSR count). The molecule has 0 radical (unpaired) electrons. The second-order valence-corrected chi connectivity index (χ2v) is 10.5. The van der Waals surface area contributed by atoms with E-state index >= 15 is 0 Å². The maximum absolute atomic E-state index is 13.4. The monoisotopic (exact) mass is 543 g/mol. The summed E-state index contributed by atoms with van der Waals surface area (Å²) >= 11 is 7.07. The van der Waals surface area contributed by atoms with Gasteiger partial charge < -0.3 is 29.7 Å². The van der Waals surface area contributed by atoms with E-state index in [0.29, 0.717) is 26.6 Å². The highest BCUT2D eigenvalue weighted by Crippen LogP contribution is 2.29. The number of nitrogens with zero attached hydrogens (tertiary/aromatic N) is 1. The van der Waals surface area contributed by atoms with E-state index in [4.69, 9.17) is 25.8 Å². The molecule has 0 spiro atoms. The van der Waals surface area contributed by atoms with Gasteiger partial charge in [0.1, 0.15) is 6.04 Å². The van der Waals surface area contributed by atoms with Crippen LogP contribution >= 0.6 is 22.9 Å². The number of hydrogen-bond acceptors (Lipinski definition) is 7. The van der Waals surface area contributed by atoms with E-state index in [1.807, 2.05) is 18.2 Å². The molecule has 1 aromatic heterocycles. The molecule has 1 aliphatic heterocycles. The smallest absolute Gasteiger partial charge is 0.414 e. The Balaban J connectivity index is 1.52. The van der Waals surface area contributed by atoms with E-state index < -0.39 is 12.1 Å². The van der Waals surface area contributed by atoms with Gasteiger partial charge >= 0.3 is 6.09 Å². The third-order valence-corrected chi connectivity index (χ3v) is 7.35. The number of likely N-dealkylation sites (N-methyl/N-ethyl adjacent to an activating group) is 1. The molecule has 0 bridgehead atoms. The quantitative estimate of drug-likeness (QED) is 0.425. The lowest BCUT2D eigenvalue weighted by Gasteiger charge is -2.19. The molecule has 0 saturated heterocycles. The zero-order valence-corrected chi connectivity index (χ0v) is 22.6. The van der Waals surface area contributed by atoms with E-state index in [0.717, 1.165) is 42.8 Å². The molecule has 37 heavy (non-hydrogen) atoms. The summed E-state index contributed by atoms with van der Waals surface area (Å²) in [6.45, 7) is 1.97. The van der Waals surface area contributed by atoms with Crippen molar-refractivity contribution in [2.75, 3.05) is 39.7 Å². The van der Waals surface area contributed by atoms with Crippen molar-refractivity contribution in [3.8, 4) is 16.6 Å². The lowest BCUT2D eigenvalue weighted by molar-refractivity contribution is -0.118. The number of amides is 2. The van der Waals surface area contributed by atoms with Crippen LogP contribution in [0.3, 0.4) is 0 Å². The van der Waals surface area contributed by atoms with Gasteiger partial charge in [-0.15, -0.1) is 0 Å². The molecule has 2 aromatic carbocycles. The fourth-order valence-corrected chi connectivity index (χ4v) is 5.09. The SMILES string of the molecule is COc1ccc(CC(NC(=O)Oc2ccc(Cl)s2)C(=O)Nc2ccc3c(c2)CCN(C)CC3)cc1OC. The van der Waals surface area contributed by atoms with Gasteiger partial charge in [0.15, 0.2) is 16.6 Å². The summed E-state index contributed by atoms with van der Waals surface area (Å²) < 4.78 is 16.5. The normalized spacial score (nSPS) is 14.2. The van der Waals surface area contributed by atoms with Crippen LogP contribution < -0.4 is 24.8 Å². The van der Waals surface area contributed by atoms with E-state index in [9.17, 15) is 9.59 Å². The third-order valence-electron chi connectivity index (χ3n) is 6.24. The largest absolute Gasteiger partial charge is 0.493 e. The highest BCUT2D eigenvalue weighted by atomic mass is 35.5. The number of benzene rings is 2. The van der Waals surface area contributed by atoms with Crippen LogP contribution in [0.15, 0.2) is 48.5 Å². The average Bonchev–Trinajstić information content (AvgIpc) is 3.20. The number of carbonyl (C=O) groups excluding carboxylic acids is 2. The number of thiophene rings is 1. The number of ether oxygens (including phenoxy) is 3. The minimum absolute atomic E-state index is 0.211. The molecule has 2 heterocycles. The molecule has 196 valence electrons. The van der Waals surface area contributed by atoms with Gasteiger partial charge in [0.2, 0.25) is 5.91 Å². The van der Waals surface area contributed by atoms with E-state index in [2.05, 4.69) is 28.6 Å². The van der Waals surface area contributed by atoms with Gasteiger partial charge in [-0.3, -0.25) is 4.79 Å². The number of hydrogen-bond donors (Lipinski definition) is 2. The second-order valence-electron chi connectivity index (χ2n) is 8.81. The van der Waals surface area contributed by atoms with Crippen LogP contribution in [-0.2, 0) is 24.1 Å². The molecule has 8 nitrogen and oxygen atoms in total. The summed E-state index contributed by atoms with van der Waals surface area (Å²) in [6, 6.07) is 13.7. The fourth-order valence-electron chi connectivity index (χ4n) is 4.21. The van der Waals surface area contributed by atoms with Crippen molar-refractivity contribution in [3.05, 3.63) is 69.6 Å². The van der Waals surface area contributed by atoms with Gasteiger partial charge in [-0.2, -0.15) is 0 Å². The van der Waals surface area contributed by atoms with Crippen molar-refractivity contribution in [2.45, 2.75) is 25.3 Å². The molecular weight excluding hydrogens is 514 g/mol. The number of methoxy groups -OCH3 is 2. The van der Waals surface area contributed by atoms with Gasteiger partial charge in [0.05, 0.1) is 18.6 Å². The molecule has 0 saturated carbocycles. The van der Waals surface area contributed by atoms with Crippen molar-refractivity contribution in [2.24, 2.45) is 0 Å². The second kappa shape index (κ2) is 12.3. The predicted molar refractivity (Wildman–Crippen MR) is 146 cm³/mol.